The number of carbonyl (C=O) groups is 3. The molecule has 1 aliphatic rings. The second kappa shape index (κ2) is 8.77. The number of benzene rings is 1. The smallest absolute Gasteiger partial charge is 0.263 e. The summed E-state index contributed by atoms with van der Waals surface area (Å²) >= 11 is 0. The molecule has 3 aromatic heterocycles. The van der Waals surface area contributed by atoms with Gasteiger partial charge in [0.05, 0.1) is 17.3 Å². The summed E-state index contributed by atoms with van der Waals surface area (Å²) in [7, 11) is 1.75. The molecule has 0 aliphatic carbocycles. The van der Waals surface area contributed by atoms with Crippen LogP contribution in [-0.2, 0) is 21.4 Å². The van der Waals surface area contributed by atoms with Crippen LogP contribution in [0, 0.1) is 0 Å². The molecule has 2 N–H and O–H groups in total. The molecule has 1 fully saturated rings. The van der Waals surface area contributed by atoms with E-state index in [2.05, 4.69) is 25.8 Å². The molecule has 4 aromatic rings. The average molecular weight is 459 g/mol. The van der Waals surface area contributed by atoms with Gasteiger partial charge in [-0.05, 0) is 24.6 Å². The van der Waals surface area contributed by atoms with Crippen LogP contribution in [0.4, 0.5) is 5.82 Å². The lowest BCUT2D eigenvalue weighted by Gasteiger charge is -2.19. The summed E-state index contributed by atoms with van der Waals surface area (Å²) in [5, 5.41) is 14.5. The number of aryl methyl sites for hydroxylation is 1. The molecule has 1 aliphatic heterocycles. The van der Waals surface area contributed by atoms with E-state index in [1.165, 1.54) is 0 Å². The van der Waals surface area contributed by atoms with Gasteiger partial charge in [-0.1, -0.05) is 12.1 Å². The molecule has 0 bridgehead atoms. The Labute approximate surface area is 193 Å². The number of fused-ring (bicyclic) bond motifs is 1. The van der Waals surface area contributed by atoms with E-state index in [1.807, 2.05) is 6.07 Å². The van der Waals surface area contributed by atoms with Crippen molar-refractivity contribution in [2.45, 2.75) is 18.8 Å². The normalized spacial score (nSPS) is 15.9. The number of piperidine rings is 1. The predicted octanol–water partition coefficient (Wildman–Crippen LogP) is 1.69. The van der Waals surface area contributed by atoms with E-state index in [0.717, 1.165) is 11.1 Å². The van der Waals surface area contributed by atoms with E-state index in [9.17, 15) is 14.4 Å². The molecule has 0 radical (unpaired) electrons. The van der Waals surface area contributed by atoms with Crippen molar-refractivity contribution in [3.8, 4) is 11.4 Å². The van der Waals surface area contributed by atoms with Gasteiger partial charge in [0.15, 0.2) is 6.61 Å². The number of imide groups is 1. The Balaban J connectivity index is 1.31. The molecule has 5 rings (SSSR count). The van der Waals surface area contributed by atoms with Crippen LogP contribution >= 0.6 is 0 Å². The first kappa shape index (κ1) is 21.3. The highest BCUT2D eigenvalue weighted by Crippen LogP contribution is 2.34. The summed E-state index contributed by atoms with van der Waals surface area (Å²) in [5.41, 5.74) is 2.00. The largest absolute Gasteiger partial charge is 0.481 e. The number of carbonyl (C=O) groups excluding carboxylic acids is 3. The lowest BCUT2D eigenvalue weighted by molar-refractivity contribution is -0.134. The maximum absolute atomic E-state index is 12.5. The summed E-state index contributed by atoms with van der Waals surface area (Å²) in [6, 6.07) is 10.7. The predicted molar refractivity (Wildman–Crippen MR) is 121 cm³/mol. The zero-order valence-electron chi connectivity index (χ0n) is 18.3. The van der Waals surface area contributed by atoms with Crippen LogP contribution in [0.1, 0.15) is 24.5 Å². The van der Waals surface area contributed by atoms with Crippen molar-refractivity contribution < 1.29 is 19.1 Å². The van der Waals surface area contributed by atoms with Gasteiger partial charge in [0.1, 0.15) is 17.1 Å². The van der Waals surface area contributed by atoms with Gasteiger partial charge in [-0.15, -0.1) is 0 Å². The molecule has 0 spiro atoms. The van der Waals surface area contributed by atoms with Crippen molar-refractivity contribution in [3.05, 3.63) is 60.7 Å². The minimum absolute atomic E-state index is 0.244. The van der Waals surface area contributed by atoms with Crippen molar-refractivity contribution in [3.63, 3.8) is 0 Å². The SMILES string of the molecule is Cn1nc(C2CCC(=O)NC2=O)c2cccc(OCC(=O)Nc3cc(-n4cccn4)ccn3)c21. The lowest BCUT2D eigenvalue weighted by atomic mass is 9.93. The Morgan fingerprint density at radius 2 is 2.12 bits per heavy atom. The minimum atomic E-state index is -0.520. The minimum Gasteiger partial charge on any atom is -0.481 e. The maximum Gasteiger partial charge on any atom is 0.263 e. The quantitative estimate of drug-likeness (QED) is 0.419. The topological polar surface area (TPSA) is 133 Å². The first-order valence-electron chi connectivity index (χ1n) is 10.7. The Kier molecular flexibility index (Phi) is 5.50. The van der Waals surface area contributed by atoms with Gasteiger partial charge in [-0.2, -0.15) is 10.2 Å². The van der Waals surface area contributed by atoms with Crippen molar-refractivity contribution in [2.75, 3.05) is 11.9 Å². The van der Waals surface area contributed by atoms with Gasteiger partial charge in [-0.3, -0.25) is 24.4 Å². The van der Waals surface area contributed by atoms with Crippen molar-refractivity contribution in [1.82, 2.24) is 29.9 Å². The highest BCUT2D eigenvalue weighted by atomic mass is 16.5. The number of hydrogen-bond donors (Lipinski definition) is 2. The fraction of sp³-hybridized carbons (Fsp3) is 0.217. The highest BCUT2D eigenvalue weighted by molar-refractivity contribution is 6.03. The number of ether oxygens (including phenoxy) is 1. The Bertz CT molecular complexity index is 1390. The molecular weight excluding hydrogens is 438 g/mol. The number of rotatable bonds is 6. The van der Waals surface area contributed by atoms with Gasteiger partial charge < -0.3 is 10.1 Å². The van der Waals surface area contributed by atoms with Gasteiger partial charge in [0, 0.05) is 43.5 Å². The van der Waals surface area contributed by atoms with Crippen LogP contribution < -0.4 is 15.4 Å². The average Bonchev–Trinajstić information content (AvgIpc) is 3.47. The molecule has 1 saturated heterocycles. The summed E-state index contributed by atoms with van der Waals surface area (Å²) in [4.78, 5) is 40.6. The second-order valence-electron chi connectivity index (χ2n) is 7.85. The number of nitrogens with zero attached hydrogens (tertiary/aromatic N) is 5. The number of nitrogens with one attached hydrogen (secondary N) is 2. The van der Waals surface area contributed by atoms with E-state index < -0.39 is 5.92 Å². The molecule has 0 saturated carbocycles. The molecule has 1 unspecified atom stereocenters. The molecule has 4 heterocycles. The van der Waals surface area contributed by atoms with Crippen LogP contribution in [0.5, 0.6) is 5.75 Å². The van der Waals surface area contributed by atoms with E-state index in [1.54, 1.807) is 65.3 Å². The first-order valence-corrected chi connectivity index (χ1v) is 10.7. The molecule has 172 valence electrons. The summed E-state index contributed by atoms with van der Waals surface area (Å²) < 4.78 is 9.09. The molecule has 11 heteroatoms. The van der Waals surface area contributed by atoms with Crippen LogP contribution in [0.3, 0.4) is 0 Å². The Hall–Kier alpha value is -4.54. The first-order chi connectivity index (χ1) is 16.5. The van der Waals surface area contributed by atoms with E-state index in [0.29, 0.717) is 29.2 Å². The zero-order valence-corrected chi connectivity index (χ0v) is 18.3. The third kappa shape index (κ3) is 4.10. The molecular formula is C23H21N7O4. The second-order valence-corrected chi connectivity index (χ2v) is 7.85. The third-order valence-electron chi connectivity index (χ3n) is 5.56. The number of para-hydroxylation sites is 1. The molecule has 11 nitrogen and oxygen atoms in total. The van der Waals surface area contributed by atoms with E-state index >= 15 is 0 Å². The lowest BCUT2D eigenvalue weighted by Crippen LogP contribution is -2.39. The Morgan fingerprint density at radius 1 is 1.24 bits per heavy atom. The standard InChI is InChI=1S/C23H21N7O4/c1-29-22-15(21(28-29)16-6-7-19(31)27-23(16)33)4-2-5-17(22)34-13-20(32)26-18-12-14(8-10-24-18)30-11-3-9-25-30/h2-5,8-12,16H,6-7,13H2,1H3,(H,24,26,32)(H,27,31,33). The monoisotopic (exact) mass is 459 g/mol. The molecule has 1 atom stereocenters. The van der Waals surface area contributed by atoms with E-state index in [-0.39, 0.29) is 30.7 Å². The number of pyridine rings is 1. The maximum atomic E-state index is 12.5. The highest BCUT2D eigenvalue weighted by Gasteiger charge is 2.32. The third-order valence-corrected chi connectivity index (χ3v) is 5.56. The molecule has 34 heavy (non-hydrogen) atoms. The summed E-state index contributed by atoms with van der Waals surface area (Å²) in [5.74, 6) is -0.698. The molecule has 1 aromatic carbocycles. The van der Waals surface area contributed by atoms with Crippen LogP contribution in [0.25, 0.3) is 16.6 Å². The van der Waals surface area contributed by atoms with E-state index in [4.69, 9.17) is 4.74 Å². The summed E-state index contributed by atoms with van der Waals surface area (Å²) in [6.45, 7) is -0.244. The van der Waals surface area contributed by atoms with Gasteiger partial charge in [0.2, 0.25) is 11.8 Å². The Morgan fingerprint density at radius 3 is 2.91 bits per heavy atom. The fourth-order valence-corrected chi connectivity index (χ4v) is 4.03. The van der Waals surface area contributed by atoms with Gasteiger partial charge >= 0.3 is 0 Å². The van der Waals surface area contributed by atoms with Crippen molar-refractivity contribution in [1.29, 1.82) is 0 Å². The number of aromatic nitrogens is 5. The van der Waals surface area contributed by atoms with Gasteiger partial charge in [-0.25, -0.2) is 9.67 Å². The van der Waals surface area contributed by atoms with Crippen molar-refractivity contribution in [2.24, 2.45) is 7.05 Å². The van der Waals surface area contributed by atoms with Crippen LogP contribution in [0.15, 0.2) is 55.0 Å². The summed E-state index contributed by atoms with van der Waals surface area (Å²) in [6.07, 6.45) is 5.70. The van der Waals surface area contributed by atoms with Crippen LogP contribution in [-0.4, -0.2) is 48.9 Å². The zero-order chi connectivity index (χ0) is 23.7. The number of anilines is 1. The van der Waals surface area contributed by atoms with Gasteiger partial charge in [0.25, 0.3) is 5.91 Å². The number of hydrogen-bond acceptors (Lipinski definition) is 7. The number of amides is 3. The van der Waals surface area contributed by atoms with Crippen LogP contribution in [0.2, 0.25) is 0 Å². The molecule has 3 amide bonds. The van der Waals surface area contributed by atoms with Crippen molar-refractivity contribution >= 4 is 34.4 Å². The fourth-order valence-electron chi connectivity index (χ4n) is 4.03.